The van der Waals surface area contributed by atoms with Gasteiger partial charge in [0.1, 0.15) is 11.2 Å². The topological polar surface area (TPSA) is 30.5 Å². The fourth-order valence-corrected chi connectivity index (χ4v) is 9.58. The van der Waals surface area contributed by atoms with E-state index in [1.807, 2.05) is 18.2 Å². The van der Waals surface area contributed by atoms with E-state index >= 15 is 0 Å². The zero-order valence-corrected chi connectivity index (χ0v) is 32.3. The van der Waals surface area contributed by atoms with Crippen LogP contribution in [0.3, 0.4) is 0 Å². The van der Waals surface area contributed by atoms with Gasteiger partial charge in [0.15, 0.2) is 11.5 Å². The van der Waals surface area contributed by atoms with Crippen LogP contribution < -0.4 is 9.64 Å². The van der Waals surface area contributed by atoms with Crippen LogP contribution in [0.1, 0.15) is 0 Å². The van der Waals surface area contributed by atoms with Gasteiger partial charge in [-0.3, -0.25) is 0 Å². The number of aromatic nitrogens is 1. The molecule has 60 heavy (non-hydrogen) atoms. The molecule has 0 fully saturated rings. The number of benzene rings is 10. The fraction of sp³-hybridized carbons (Fsp3) is 0. The number of furan rings is 1. The van der Waals surface area contributed by atoms with Crippen LogP contribution in [-0.2, 0) is 0 Å². The van der Waals surface area contributed by atoms with Gasteiger partial charge >= 0.3 is 0 Å². The Balaban J connectivity index is 0.912. The second kappa shape index (κ2) is 12.7. The minimum absolute atomic E-state index is 0.820. The zero-order chi connectivity index (χ0) is 39.3. The lowest BCUT2D eigenvalue weighted by molar-refractivity contribution is 0.477. The van der Waals surface area contributed by atoms with Gasteiger partial charge in [0.2, 0.25) is 0 Å². The van der Waals surface area contributed by atoms with Crippen molar-refractivity contribution in [2.45, 2.75) is 0 Å². The first-order chi connectivity index (χ1) is 29.7. The van der Waals surface area contributed by atoms with Gasteiger partial charge in [0.25, 0.3) is 0 Å². The van der Waals surface area contributed by atoms with Crippen LogP contribution in [-0.4, -0.2) is 4.57 Å². The zero-order valence-electron chi connectivity index (χ0n) is 32.3. The van der Waals surface area contributed by atoms with Crippen molar-refractivity contribution in [3.8, 4) is 39.4 Å². The predicted molar refractivity (Wildman–Crippen MR) is 249 cm³/mol. The Morgan fingerprint density at radius 1 is 0.350 bits per heavy atom. The third-order valence-electron chi connectivity index (χ3n) is 12.4. The summed E-state index contributed by atoms with van der Waals surface area (Å²) in [5, 5.41) is 9.57. The smallest absolute Gasteiger partial charge is 0.152 e. The number of anilines is 3. The minimum atomic E-state index is 0.820. The molecule has 1 aliphatic heterocycles. The molecule has 10 aromatic carbocycles. The van der Waals surface area contributed by atoms with Gasteiger partial charge in [-0.2, -0.15) is 0 Å². The molecule has 0 bridgehead atoms. The van der Waals surface area contributed by atoms with Crippen molar-refractivity contribution in [1.29, 1.82) is 0 Å². The molecule has 3 heterocycles. The number of hydrogen-bond acceptors (Lipinski definition) is 3. The summed E-state index contributed by atoms with van der Waals surface area (Å²) in [5.41, 5.74) is 13.0. The number of rotatable bonds is 4. The second-order valence-corrected chi connectivity index (χ2v) is 15.7. The van der Waals surface area contributed by atoms with Crippen LogP contribution in [0.25, 0.3) is 93.2 Å². The van der Waals surface area contributed by atoms with Gasteiger partial charge in [-0.15, -0.1) is 0 Å². The molecule has 280 valence electrons. The summed E-state index contributed by atoms with van der Waals surface area (Å²) in [6.07, 6.45) is 0. The monoisotopic (exact) mass is 766 g/mol. The minimum Gasteiger partial charge on any atom is -0.456 e. The molecule has 13 rings (SSSR count). The van der Waals surface area contributed by atoms with Crippen molar-refractivity contribution >= 4 is 82.4 Å². The molecule has 12 aromatic rings. The maximum Gasteiger partial charge on any atom is 0.152 e. The van der Waals surface area contributed by atoms with E-state index in [4.69, 9.17) is 9.15 Å². The number of ether oxygens (including phenoxy) is 1. The van der Waals surface area contributed by atoms with Gasteiger partial charge in [-0.25, -0.2) is 0 Å². The summed E-state index contributed by atoms with van der Waals surface area (Å²) < 4.78 is 15.4. The number of fused-ring (bicyclic) bond motifs is 11. The van der Waals surface area contributed by atoms with Gasteiger partial charge in [0, 0.05) is 32.9 Å². The molecule has 4 heteroatoms. The Morgan fingerprint density at radius 3 is 1.95 bits per heavy atom. The Labute approximate surface area is 345 Å². The predicted octanol–water partition coefficient (Wildman–Crippen LogP) is 15.9. The van der Waals surface area contributed by atoms with Crippen molar-refractivity contribution in [2.75, 3.05) is 4.90 Å². The van der Waals surface area contributed by atoms with E-state index in [1.165, 1.54) is 49.0 Å². The van der Waals surface area contributed by atoms with E-state index in [0.717, 1.165) is 72.8 Å². The maximum absolute atomic E-state index is 6.69. The summed E-state index contributed by atoms with van der Waals surface area (Å²) in [7, 11) is 0. The first-order valence-electron chi connectivity index (χ1n) is 20.4. The van der Waals surface area contributed by atoms with E-state index in [-0.39, 0.29) is 0 Å². The van der Waals surface area contributed by atoms with Crippen LogP contribution in [0.4, 0.5) is 17.1 Å². The van der Waals surface area contributed by atoms with Crippen LogP contribution in [0.5, 0.6) is 11.5 Å². The summed E-state index contributed by atoms with van der Waals surface area (Å²) in [6, 6.07) is 73.8. The Morgan fingerprint density at radius 2 is 1.02 bits per heavy atom. The van der Waals surface area contributed by atoms with Crippen molar-refractivity contribution in [2.24, 2.45) is 0 Å². The molecule has 0 saturated carbocycles. The van der Waals surface area contributed by atoms with Crippen molar-refractivity contribution in [3.63, 3.8) is 0 Å². The summed E-state index contributed by atoms with van der Waals surface area (Å²) in [6.45, 7) is 0. The van der Waals surface area contributed by atoms with Crippen molar-refractivity contribution in [3.05, 3.63) is 206 Å². The van der Waals surface area contributed by atoms with Crippen molar-refractivity contribution < 1.29 is 9.15 Å². The first-order valence-corrected chi connectivity index (χ1v) is 20.4. The van der Waals surface area contributed by atoms with E-state index in [1.54, 1.807) is 0 Å². The van der Waals surface area contributed by atoms with Gasteiger partial charge < -0.3 is 18.6 Å². The number of nitrogens with zero attached hydrogens (tertiary/aromatic N) is 2. The molecule has 0 saturated heterocycles. The van der Waals surface area contributed by atoms with Crippen LogP contribution in [0, 0.1) is 0 Å². The molecule has 2 aromatic heterocycles. The largest absolute Gasteiger partial charge is 0.456 e. The third-order valence-corrected chi connectivity index (χ3v) is 12.4. The molecule has 4 nitrogen and oxygen atoms in total. The van der Waals surface area contributed by atoms with Gasteiger partial charge in [-0.1, -0.05) is 127 Å². The highest BCUT2D eigenvalue weighted by Gasteiger charge is 2.26. The molecule has 0 unspecified atom stereocenters. The van der Waals surface area contributed by atoms with Gasteiger partial charge in [-0.05, 0) is 123 Å². The van der Waals surface area contributed by atoms with E-state index in [9.17, 15) is 0 Å². The van der Waals surface area contributed by atoms with E-state index < -0.39 is 0 Å². The molecular weight excluding hydrogens is 733 g/mol. The van der Waals surface area contributed by atoms with Crippen molar-refractivity contribution in [1.82, 2.24) is 4.57 Å². The van der Waals surface area contributed by atoms with Crippen LogP contribution >= 0.6 is 0 Å². The highest BCUT2D eigenvalue weighted by atomic mass is 16.5. The summed E-state index contributed by atoms with van der Waals surface area (Å²) in [4.78, 5) is 2.31. The Bertz CT molecular complexity index is 3700. The molecule has 0 radical (unpaired) electrons. The normalized spacial score (nSPS) is 12.4. The lowest BCUT2D eigenvalue weighted by Gasteiger charge is -2.33. The molecule has 0 N–H and O–H groups in total. The molecule has 1 aliphatic rings. The molecule has 0 spiro atoms. The fourth-order valence-electron chi connectivity index (χ4n) is 9.58. The standard InChI is InChI=1S/C56H34N2O2/c1-2-12-42-35(10-1)11-9-15-43(42)36-20-26-40(27-21-36)57-50-17-6-8-19-53(50)60-55-33-39(24-30-51(55)57)38-23-29-49-47(32-38)44-13-3-5-16-48(44)58(49)41-28-22-37-25-31-54-56(46(37)34-41)45-14-4-7-18-52(45)59-54/h1-34H. The molecular formula is C56H34N2O2. The average molecular weight is 767 g/mol. The van der Waals surface area contributed by atoms with Crippen LogP contribution in [0.2, 0.25) is 0 Å². The number of hydrogen-bond donors (Lipinski definition) is 0. The third kappa shape index (κ3) is 4.91. The molecule has 0 aliphatic carbocycles. The maximum atomic E-state index is 6.69. The molecule has 0 atom stereocenters. The Kier molecular flexibility index (Phi) is 6.98. The van der Waals surface area contributed by atoms with E-state index in [0.29, 0.717) is 0 Å². The number of para-hydroxylation sites is 4. The van der Waals surface area contributed by atoms with Crippen LogP contribution in [0.15, 0.2) is 211 Å². The lowest BCUT2D eigenvalue weighted by Crippen LogP contribution is -2.15. The lowest BCUT2D eigenvalue weighted by atomic mass is 9.98. The van der Waals surface area contributed by atoms with E-state index in [2.05, 4.69) is 198 Å². The van der Waals surface area contributed by atoms with Gasteiger partial charge in [0.05, 0.1) is 22.4 Å². The highest BCUT2D eigenvalue weighted by molar-refractivity contribution is 6.19. The quantitative estimate of drug-likeness (QED) is 0.179. The second-order valence-electron chi connectivity index (χ2n) is 15.7. The Hall–Kier alpha value is -8.08. The molecule has 0 amide bonds. The SMILES string of the molecule is c1ccc2c(c1)Oc1cc(-c3ccc4c(c3)c3ccccc3n4-c3ccc4ccc5oc6ccccc6c5c4c3)ccc1N2c1ccc(-c2cccc3ccccc23)cc1. The average Bonchev–Trinajstić information content (AvgIpc) is 3.86. The summed E-state index contributed by atoms with van der Waals surface area (Å²) >= 11 is 0. The highest BCUT2D eigenvalue weighted by Crippen LogP contribution is 2.52. The summed E-state index contributed by atoms with van der Waals surface area (Å²) in [5.74, 6) is 1.65. The first kappa shape index (κ1) is 32.9.